The van der Waals surface area contributed by atoms with Crippen LogP contribution in [-0.4, -0.2) is 93.6 Å². The summed E-state index contributed by atoms with van der Waals surface area (Å²) in [6.45, 7) is 11.4. The van der Waals surface area contributed by atoms with Gasteiger partial charge in [-0.25, -0.2) is 9.18 Å². The largest absolute Gasteiger partial charge is 0.461 e. The van der Waals surface area contributed by atoms with Crippen molar-refractivity contribution in [3.05, 3.63) is 95.9 Å². The first-order chi connectivity index (χ1) is 34.0. The molecule has 4 saturated carbocycles. The standard InChI is InChI=1S/C56H66FN3O12/c1-51(2,3)71-50(67)59-29-41(47(64)60-37-18-16-35-28-58-23-21-34(35)24-37)33-14-12-32(13-15-33)30-68-48(65)39-10-8-9-11-40(39)49(66)69-31-45(63)56-46(70-52(4,5)72-56)26-43-42-19-17-36-25-38(61)20-22-53(36,6)55(42,57)44(62)27-54(43,56)7/h12-16,18,20-25,28,39-44,46,62H,8-11,17,19,26-27,29-31H2,1-7H3,(H,59,67)(H,60,64)/t39-,40-,41-,42+,43+,44+,46-,53+,54+,55+,56-/m1/s1. The molecule has 3 N–H and O–H groups in total. The van der Waals surface area contributed by atoms with Crippen LogP contribution < -0.4 is 10.6 Å². The molecule has 0 radical (unpaired) electrons. The number of pyridine rings is 1. The second kappa shape index (κ2) is 18.9. The monoisotopic (exact) mass is 991 g/mol. The molecule has 11 atom stereocenters. The summed E-state index contributed by atoms with van der Waals surface area (Å²) in [6.07, 6.45) is 7.87. The van der Waals surface area contributed by atoms with Crippen molar-refractivity contribution in [3.8, 4) is 0 Å². The van der Waals surface area contributed by atoms with E-state index in [1.54, 1.807) is 90.3 Å². The number of aliphatic hydroxyl groups excluding tert-OH is 1. The molecule has 15 nitrogen and oxygen atoms in total. The van der Waals surface area contributed by atoms with E-state index in [-0.39, 0.29) is 37.7 Å². The molecule has 16 heteroatoms. The van der Waals surface area contributed by atoms with Crippen molar-refractivity contribution in [2.75, 3.05) is 18.5 Å². The van der Waals surface area contributed by atoms with E-state index in [2.05, 4.69) is 15.6 Å². The molecule has 72 heavy (non-hydrogen) atoms. The lowest BCUT2D eigenvalue weighted by molar-refractivity contribution is -0.246. The molecule has 3 aromatic rings. The lowest BCUT2D eigenvalue weighted by atomic mass is 9.44. The summed E-state index contributed by atoms with van der Waals surface area (Å²) in [5.41, 5.74) is -4.46. The summed E-state index contributed by atoms with van der Waals surface area (Å²) in [4.78, 5) is 85.6. The van der Waals surface area contributed by atoms with Gasteiger partial charge in [0.05, 0.1) is 30.0 Å². The summed E-state index contributed by atoms with van der Waals surface area (Å²) in [6, 6.07) is 14.2. The molecular formula is C56H66FN3O12. The lowest BCUT2D eigenvalue weighted by Gasteiger charge is -2.62. The number of alkyl halides is 1. The Hall–Kier alpha value is -5.84. The number of ketones is 2. The fourth-order valence-corrected chi connectivity index (χ4v) is 13.2. The molecule has 0 bridgehead atoms. The van der Waals surface area contributed by atoms with E-state index in [1.165, 1.54) is 12.2 Å². The second-order valence-electron chi connectivity index (χ2n) is 22.6. The number of rotatable bonds is 12. The van der Waals surface area contributed by atoms with Gasteiger partial charge in [-0.05, 0) is 133 Å². The highest BCUT2D eigenvalue weighted by atomic mass is 19.1. The van der Waals surface area contributed by atoms with Crippen LogP contribution in [0.2, 0.25) is 0 Å². The van der Waals surface area contributed by atoms with Gasteiger partial charge in [-0.15, -0.1) is 0 Å². The molecule has 6 aliphatic rings. The number of allylic oxidation sites excluding steroid dienone is 4. The molecule has 384 valence electrons. The number of nitrogens with zero attached hydrogens (tertiary/aromatic N) is 1. The molecule has 2 heterocycles. The predicted molar refractivity (Wildman–Crippen MR) is 262 cm³/mol. The molecule has 0 unspecified atom stereocenters. The van der Waals surface area contributed by atoms with E-state index in [0.29, 0.717) is 60.9 Å². The van der Waals surface area contributed by atoms with Crippen LogP contribution in [0.15, 0.2) is 84.7 Å². The highest BCUT2D eigenvalue weighted by molar-refractivity contribution is 6.01. The molecular weight excluding hydrogens is 926 g/mol. The maximum absolute atomic E-state index is 17.9. The van der Waals surface area contributed by atoms with Crippen LogP contribution >= 0.6 is 0 Å². The number of Topliss-reactive ketones (excluding diaryl/α,β-unsaturated/α-hetero) is 1. The zero-order chi connectivity index (χ0) is 51.6. The van der Waals surface area contributed by atoms with Crippen molar-refractivity contribution in [1.82, 2.24) is 10.3 Å². The number of benzene rings is 2. The number of aromatic nitrogens is 1. The van der Waals surface area contributed by atoms with Crippen molar-refractivity contribution in [2.45, 2.75) is 147 Å². The Morgan fingerprint density at radius 2 is 1.62 bits per heavy atom. The molecule has 9 rings (SSSR count). The molecule has 2 amide bonds. The average molecular weight is 992 g/mol. The molecule has 1 aliphatic heterocycles. The lowest BCUT2D eigenvalue weighted by Crippen LogP contribution is -2.70. The quantitative estimate of drug-likeness (QED) is 0.116. The van der Waals surface area contributed by atoms with Gasteiger partial charge in [0, 0.05) is 46.8 Å². The third kappa shape index (κ3) is 9.05. The number of hydrogen-bond donors (Lipinski definition) is 3. The molecule has 1 saturated heterocycles. The number of carbonyl (C=O) groups is 6. The minimum absolute atomic E-state index is 0.0675. The molecule has 5 fully saturated rings. The van der Waals surface area contributed by atoms with Crippen LogP contribution in [0.4, 0.5) is 14.9 Å². The van der Waals surface area contributed by atoms with Gasteiger partial charge in [-0.2, -0.15) is 0 Å². The van der Waals surface area contributed by atoms with Crippen LogP contribution in [0.3, 0.4) is 0 Å². The van der Waals surface area contributed by atoms with Crippen LogP contribution in [0.5, 0.6) is 0 Å². The molecule has 2 aromatic carbocycles. The first-order valence-corrected chi connectivity index (χ1v) is 25.2. The van der Waals surface area contributed by atoms with E-state index in [1.807, 2.05) is 25.1 Å². The third-order valence-electron chi connectivity index (χ3n) is 16.6. The predicted octanol–water partition coefficient (Wildman–Crippen LogP) is 8.31. The Kier molecular flexibility index (Phi) is 13.4. The fraction of sp³-hybridized carbons (Fsp3) is 0.554. The number of ether oxygens (including phenoxy) is 5. The number of esters is 2. The topological polar surface area (TPSA) is 206 Å². The van der Waals surface area contributed by atoms with Gasteiger partial charge in [0.15, 0.2) is 29.4 Å². The van der Waals surface area contributed by atoms with Gasteiger partial charge in [0.1, 0.15) is 12.2 Å². The number of alkyl carbamates (subject to hydrolysis) is 1. The normalized spacial score (nSPS) is 32.7. The van der Waals surface area contributed by atoms with Crippen molar-refractivity contribution in [3.63, 3.8) is 0 Å². The van der Waals surface area contributed by atoms with Crippen LogP contribution in [-0.2, 0) is 54.3 Å². The summed E-state index contributed by atoms with van der Waals surface area (Å²) < 4.78 is 48.1. The Morgan fingerprint density at radius 1 is 0.917 bits per heavy atom. The van der Waals surface area contributed by atoms with Gasteiger partial charge in [0.25, 0.3) is 0 Å². The van der Waals surface area contributed by atoms with E-state index in [9.17, 15) is 33.9 Å². The van der Waals surface area contributed by atoms with Crippen molar-refractivity contribution in [2.24, 2.45) is 34.5 Å². The average Bonchev–Trinajstić information content (AvgIpc) is 3.74. The van der Waals surface area contributed by atoms with Gasteiger partial charge in [0.2, 0.25) is 11.7 Å². The number of carbonyl (C=O) groups excluding carboxylic acids is 6. The number of nitrogens with one attached hydrogen (secondary N) is 2. The van der Waals surface area contributed by atoms with Crippen molar-refractivity contribution >= 4 is 52.0 Å². The summed E-state index contributed by atoms with van der Waals surface area (Å²) in [5, 5.41) is 19.5. The third-order valence-corrected chi connectivity index (χ3v) is 16.6. The zero-order valence-corrected chi connectivity index (χ0v) is 42.1. The van der Waals surface area contributed by atoms with Crippen LogP contribution in [0.25, 0.3) is 10.8 Å². The van der Waals surface area contributed by atoms with Gasteiger partial charge in [-0.1, -0.05) is 61.7 Å². The first kappa shape index (κ1) is 51.1. The highest BCUT2D eigenvalue weighted by Gasteiger charge is 2.80. The van der Waals surface area contributed by atoms with Crippen LogP contribution in [0.1, 0.15) is 117 Å². The van der Waals surface area contributed by atoms with Gasteiger partial charge in [-0.3, -0.25) is 29.0 Å². The summed E-state index contributed by atoms with van der Waals surface area (Å²) in [5.74, 6) is -7.32. The number of halogens is 1. The van der Waals surface area contributed by atoms with Crippen molar-refractivity contribution in [1.29, 1.82) is 0 Å². The summed E-state index contributed by atoms with van der Waals surface area (Å²) >= 11 is 0. The Labute approximate surface area is 419 Å². The first-order valence-electron chi connectivity index (χ1n) is 25.2. The molecule has 1 aromatic heterocycles. The van der Waals surface area contributed by atoms with E-state index < -0.39 is 106 Å². The number of amides is 2. The smallest absolute Gasteiger partial charge is 0.407 e. The number of anilines is 1. The Bertz CT molecular complexity index is 2730. The second-order valence-corrected chi connectivity index (χ2v) is 22.6. The maximum atomic E-state index is 17.9. The van der Waals surface area contributed by atoms with Crippen molar-refractivity contribution < 1.29 is 61.9 Å². The number of hydrogen-bond acceptors (Lipinski definition) is 13. The van der Waals surface area contributed by atoms with E-state index in [4.69, 9.17) is 23.7 Å². The minimum atomic E-state index is -2.13. The fourth-order valence-electron chi connectivity index (χ4n) is 13.2. The SMILES string of the molecule is CC(C)(C)OC(=O)NC[C@@H](C(=O)Nc1ccc2cnccc2c1)c1ccc(COC(=O)[C@@H]2CCCC[C@H]2C(=O)OCC(=O)[C@@]23OC(C)(C)O[C@@H]2C[C@H]2[C@@H]4CCC5=CC(=O)C=C[C@]5(C)[C@@]4(F)[C@@H](O)C[C@@]23C)cc1. The minimum Gasteiger partial charge on any atom is -0.461 e. The Balaban J connectivity index is 0.853. The van der Waals surface area contributed by atoms with E-state index >= 15 is 4.39 Å². The highest BCUT2D eigenvalue weighted by Crippen LogP contribution is 2.72. The summed E-state index contributed by atoms with van der Waals surface area (Å²) in [7, 11) is 0. The van der Waals surface area contributed by atoms with Gasteiger partial charge < -0.3 is 39.4 Å². The van der Waals surface area contributed by atoms with Crippen LogP contribution in [0, 0.1) is 34.5 Å². The zero-order valence-electron chi connectivity index (χ0n) is 42.1. The number of aliphatic hydroxyl groups is 1. The number of fused-ring (bicyclic) bond motifs is 8. The molecule has 5 aliphatic carbocycles. The van der Waals surface area contributed by atoms with Gasteiger partial charge >= 0.3 is 18.0 Å². The Morgan fingerprint density at radius 3 is 2.33 bits per heavy atom. The van der Waals surface area contributed by atoms with E-state index in [0.717, 1.165) is 10.8 Å². The maximum Gasteiger partial charge on any atom is 0.407 e. The molecule has 0 spiro atoms.